The Morgan fingerprint density at radius 3 is 2.70 bits per heavy atom. The van der Waals surface area contributed by atoms with Gasteiger partial charge in [0.05, 0.1) is 17.8 Å². The molecule has 0 unspecified atom stereocenters. The summed E-state index contributed by atoms with van der Waals surface area (Å²) < 4.78 is 9.65. The molecule has 5 nitrogen and oxygen atoms in total. The van der Waals surface area contributed by atoms with Gasteiger partial charge in [0.2, 0.25) is 0 Å². The highest BCUT2D eigenvalue weighted by atomic mass is 16.7. The Hall–Kier alpha value is -2.30. The van der Waals surface area contributed by atoms with Gasteiger partial charge in [-0.1, -0.05) is 6.07 Å². The number of hydrogen-bond donors (Lipinski definition) is 0. The Morgan fingerprint density at radius 1 is 1.20 bits per heavy atom. The number of carbonyl (C=O) groups excluding carboxylic acids is 1. The van der Waals surface area contributed by atoms with E-state index in [0.29, 0.717) is 12.3 Å². The average molecular weight is 274 g/mol. The number of benzene rings is 1. The fraction of sp³-hybridized carbons (Fsp3) is 0.333. The Morgan fingerprint density at radius 2 is 2.00 bits per heavy atom. The van der Waals surface area contributed by atoms with Gasteiger partial charge in [-0.05, 0) is 31.2 Å². The molecule has 1 aromatic heterocycles. The molecule has 0 spiro atoms. The summed E-state index contributed by atoms with van der Waals surface area (Å²) in [5.74, 6) is 0. The number of pyridine rings is 1. The second-order valence-electron chi connectivity index (χ2n) is 4.55. The predicted molar refractivity (Wildman–Crippen MR) is 77.9 cm³/mol. The van der Waals surface area contributed by atoms with Crippen LogP contribution in [-0.4, -0.2) is 31.8 Å². The molecule has 0 atom stereocenters. The van der Waals surface area contributed by atoms with E-state index in [2.05, 4.69) is 11.1 Å². The van der Waals surface area contributed by atoms with Gasteiger partial charge in [-0.3, -0.25) is 0 Å². The summed E-state index contributed by atoms with van der Waals surface area (Å²) in [4.78, 5) is 17.6. The molecule has 0 aliphatic carbocycles. The van der Waals surface area contributed by atoms with Crippen molar-refractivity contribution in [3.8, 4) is 0 Å². The first kappa shape index (κ1) is 14.1. The summed E-state index contributed by atoms with van der Waals surface area (Å²) in [7, 11) is 3.99. The van der Waals surface area contributed by atoms with Crippen molar-refractivity contribution in [1.29, 1.82) is 0 Å². The Kier molecular flexibility index (Phi) is 4.40. The van der Waals surface area contributed by atoms with E-state index >= 15 is 0 Å². The first-order chi connectivity index (χ1) is 9.60. The van der Waals surface area contributed by atoms with E-state index in [0.717, 1.165) is 16.6 Å². The maximum absolute atomic E-state index is 11.1. The molecular weight excluding hydrogens is 256 g/mol. The number of nitrogens with zero attached hydrogens (tertiary/aromatic N) is 2. The highest BCUT2D eigenvalue weighted by Crippen LogP contribution is 2.20. The molecule has 0 aliphatic rings. The van der Waals surface area contributed by atoms with Gasteiger partial charge >= 0.3 is 6.16 Å². The van der Waals surface area contributed by atoms with Gasteiger partial charge in [0, 0.05) is 25.2 Å². The van der Waals surface area contributed by atoms with E-state index in [-0.39, 0.29) is 6.61 Å². The Bertz CT molecular complexity index is 611. The van der Waals surface area contributed by atoms with Gasteiger partial charge in [-0.2, -0.15) is 0 Å². The van der Waals surface area contributed by atoms with Crippen molar-refractivity contribution in [2.75, 3.05) is 25.6 Å². The molecule has 0 fully saturated rings. The van der Waals surface area contributed by atoms with Crippen LogP contribution in [0.15, 0.2) is 30.3 Å². The number of anilines is 1. The Balaban J connectivity index is 2.13. The molecule has 0 aliphatic heterocycles. The standard InChI is InChI=1S/C15H18N2O3/c1-4-19-15(18)20-10-12-6-5-11-9-13(17(2)3)7-8-14(11)16-12/h5-9H,4,10H2,1-3H3. The highest BCUT2D eigenvalue weighted by molar-refractivity contribution is 5.82. The normalized spacial score (nSPS) is 10.3. The number of fused-ring (bicyclic) bond motifs is 1. The fourth-order valence-corrected chi connectivity index (χ4v) is 1.81. The van der Waals surface area contributed by atoms with Crippen molar-refractivity contribution in [3.63, 3.8) is 0 Å². The Labute approximate surface area is 118 Å². The van der Waals surface area contributed by atoms with Gasteiger partial charge in [0.25, 0.3) is 0 Å². The number of carbonyl (C=O) groups is 1. The number of aromatic nitrogens is 1. The molecule has 2 rings (SSSR count). The van der Waals surface area contributed by atoms with Gasteiger partial charge in [0.15, 0.2) is 0 Å². The van der Waals surface area contributed by atoms with Crippen molar-refractivity contribution < 1.29 is 14.3 Å². The van der Waals surface area contributed by atoms with Gasteiger partial charge in [-0.15, -0.1) is 0 Å². The molecular formula is C15H18N2O3. The molecule has 106 valence electrons. The lowest BCUT2D eigenvalue weighted by Crippen LogP contribution is -2.08. The molecule has 1 aromatic carbocycles. The second-order valence-corrected chi connectivity index (χ2v) is 4.55. The number of hydrogen-bond acceptors (Lipinski definition) is 5. The van der Waals surface area contributed by atoms with E-state index in [1.165, 1.54) is 0 Å². The molecule has 5 heteroatoms. The van der Waals surface area contributed by atoms with E-state index in [1.54, 1.807) is 6.92 Å². The van der Waals surface area contributed by atoms with Crippen molar-refractivity contribution in [3.05, 3.63) is 36.0 Å². The number of ether oxygens (including phenoxy) is 2. The summed E-state index contributed by atoms with van der Waals surface area (Å²) in [5.41, 5.74) is 2.69. The first-order valence-corrected chi connectivity index (χ1v) is 6.46. The van der Waals surface area contributed by atoms with Crippen LogP contribution in [0.25, 0.3) is 10.9 Å². The summed E-state index contributed by atoms with van der Waals surface area (Å²) >= 11 is 0. The lowest BCUT2D eigenvalue weighted by atomic mass is 10.2. The highest BCUT2D eigenvalue weighted by Gasteiger charge is 2.05. The monoisotopic (exact) mass is 274 g/mol. The minimum absolute atomic E-state index is 0.115. The van der Waals surface area contributed by atoms with Crippen molar-refractivity contribution in [2.24, 2.45) is 0 Å². The topological polar surface area (TPSA) is 51.7 Å². The molecule has 0 amide bonds. The first-order valence-electron chi connectivity index (χ1n) is 6.46. The lowest BCUT2D eigenvalue weighted by Gasteiger charge is -2.13. The number of rotatable bonds is 4. The third-order valence-corrected chi connectivity index (χ3v) is 2.85. The SMILES string of the molecule is CCOC(=O)OCc1ccc2cc(N(C)C)ccc2n1. The van der Waals surface area contributed by atoms with E-state index in [1.807, 2.05) is 43.3 Å². The average Bonchev–Trinajstić information content (AvgIpc) is 2.44. The predicted octanol–water partition coefficient (Wildman–Crippen LogP) is 2.97. The van der Waals surface area contributed by atoms with Crippen LogP contribution in [0.3, 0.4) is 0 Å². The molecule has 0 saturated carbocycles. The molecule has 0 radical (unpaired) electrons. The summed E-state index contributed by atoms with van der Waals surface area (Å²) in [5, 5.41) is 1.05. The van der Waals surface area contributed by atoms with Crippen molar-refractivity contribution >= 4 is 22.7 Å². The van der Waals surface area contributed by atoms with Crippen molar-refractivity contribution in [1.82, 2.24) is 4.98 Å². The van der Waals surface area contributed by atoms with Crippen LogP contribution >= 0.6 is 0 Å². The molecule has 0 N–H and O–H groups in total. The van der Waals surface area contributed by atoms with E-state index < -0.39 is 6.16 Å². The van der Waals surface area contributed by atoms with Gasteiger partial charge in [0.1, 0.15) is 6.61 Å². The summed E-state index contributed by atoms with van der Waals surface area (Å²) in [6, 6.07) is 9.85. The van der Waals surface area contributed by atoms with Crippen LogP contribution in [0, 0.1) is 0 Å². The van der Waals surface area contributed by atoms with Gasteiger partial charge < -0.3 is 14.4 Å². The minimum Gasteiger partial charge on any atom is -0.435 e. The van der Waals surface area contributed by atoms with Gasteiger partial charge in [-0.25, -0.2) is 9.78 Å². The molecule has 20 heavy (non-hydrogen) atoms. The van der Waals surface area contributed by atoms with Crippen LogP contribution in [0.2, 0.25) is 0 Å². The van der Waals surface area contributed by atoms with Crippen LogP contribution in [-0.2, 0) is 16.1 Å². The molecule has 2 aromatic rings. The molecule has 0 bridgehead atoms. The van der Waals surface area contributed by atoms with E-state index in [4.69, 9.17) is 9.47 Å². The van der Waals surface area contributed by atoms with Crippen molar-refractivity contribution in [2.45, 2.75) is 13.5 Å². The smallest absolute Gasteiger partial charge is 0.435 e. The maximum Gasteiger partial charge on any atom is 0.508 e. The zero-order valence-corrected chi connectivity index (χ0v) is 11.9. The maximum atomic E-state index is 11.1. The second kappa shape index (κ2) is 6.23. The summed E-state index contributed by atoms with van der Waals surface area (Å²) in [6.45, 7) is 2.15. The van der Waals surface area contributed by atoms with E-state index in [9.17, 15) is 4.79 Å². The summed E-state index contributed by atoms with van der Waals surface area (Å²) in [6.07, 6.45) is -0.669. The largest absolute Gasteiger partial charge is 0.508 e. The van der Waals surface area contributed by atoms with Crippen LogP contribution in [0.4, 0.5) is 10.5 Å². The zero-order valence-electron chi connectivity index (χ0n) is 11.9. The van der Waals surface area contributed by atoms with Crippen LogP contribution in [0.5, 0.6) is 0 Å². The fourth-order valence-electron chi connectivity index (χ4n) is 1.81. The van der Waals surface area contributed by atoms with Crippen LogP contribution in [0.1, 0.15) is 12.6 Å². The quantitative estimate of drug-likeness (QED) is 0.802. The minimum atomic E-state index is -0.669. The van der Waals surface area contributed by atoms with Crippen LogP contribution < -0.4 is 4.90 Å². The third kappa shape index (κ3) is 3.38. The molecule has 1 heterocycles. The molecule has 0 saturated heterocycles. The third-order valence-electron chi connectivity index (χ3n) is 2.85. The zero-order chi connectivity index (χ0) is 14.5. The lowest BCUT2D eigenvalue weighted by molar-refractivity contribution is 0.0528.